The molecule has 0 fully saturated rings. The maximum Gasteiger partial charge on any atom is 0.347 e. The van der Waals surface area contributed by atoms with E-state index in [-0.39, 0.29) is 28.2 Å². The number of halogens is 1. The largest absolute Gasteiger partial charge is 0.494 e. The molecule has 0 spiro atoms. The molecular formula is C13H7FN6O3. The molecule has 0 unspecified atom stereocenters. The van der Waals surface area contributed by atoms with Crippen LogP contribution >= 0.6 is 0 Å². The molecule has 3 aromatic heterocycles. The molecule has 0 saturated carbocycles. The lowest BCUT2D eigenvalue weighted by molar-refractivity contribution is 0.387. The number of nitrogens with zero attached hydrogens (tertiary/aromatic N) is 6. The lowest BCUT2D eigenvalue weighted by Gasteiger charge is -2.04. The van der Waals surface area contributed by atoms with Crippen molar-refractivity contribution in [3.63, 3.8) is 0 Å². The molecule has 0 atom stereocenters. The second-order valence-corrected chi connectivity index (χ2v) is 4.56. The highest BCUT2D eigenvalue weighted by molar-refractivity contribution is 5.80. The van der Waals surface area contributed by atoms with Crippen LogP contribution in [-0.4, -0.2) is 37.3 Å². The molecule has 0 aliphatic carbocycles. The highest BCUT2D eigenvalue weighted by Gasteiger charge is 2.14. The first kappa shape index (κ1) is 13.2. The first-order valence-corrected chi connectivity index (χ1v) is 6.40. The minimum atomic E-state index is -0.731. The zero-order valence-corrected chi connectivity index (χ0v) is 11.6. The van der Waals surface area contributed by atoms with Gasteiger partial charge in [0, 0.05) is 6.07 Å². The van der Waals surface area contributed by atoms with E-state index in [4.69, 9.17) is 9.15 Å². The van der Waals surface area contributed by atoms with Crippen LogP contribution in [0.3, 0.4) is 0 Å². The summed E-state index contributed by atoms with van der Waals surface area (Å²) >= 11 is 0. The van der Waals surface area contributed by atoms with Gasteiger partial charge in [-0.25, -0.2) is 14.2 Å². The van der Waals surface area contributed by atoms with E-state index in [1.54, 1.807) is 12.1 Å². The highest BCUT2D eigenvalue weighted by Crippen LogP contribution is 2.23. The molecule has 23 heavy (non-hydrogen) atoms. The molecule has 0 N–H and O–H groups in total. The summed E-state index contributed by atoms with van der Waals surface area (Å²) in [4.78, 5) is 16.2. The zero-order chi connectivity index (χ0) is 16.0. The number of tetrazole rings is 1. The third-order valence-electron chi connectivity index (χ3n) is 3.19. The van der Waals surface area contributed by atoms with Gasteiger partial charge < -0.3 is 9.15 Å². The predicted molar refractivity (Wildman–Crippen MR) is 74.4 cm³/mol. The van der Waals surface area contributed by atoms with Crippen LogP contribution in [0.1, 0.15) is 0 Å². The number of hydrogen-bond donors (Lipinski definition) is 0. The summed E-state index contributed by atoms with van der Waals surface area (Å²) in [6.07, 6.45) is 0. The van der Waals surface area contributed by atoms with Gasteiger partial charge in [-0.15, -0.1) is 14.8 Å². The number of ether oxygens (including phenoxy) is 1. The highest BCUT2D eigenvalue weighted by atomic mass is 19.1. The van der Waals surface area contributed by atoms with E-state index < -0.39 is 11.4 Å². The van der Waals surface area contributed by atoms with Gasteiger partial charge in [0.05, 0.1) is 18.0 Å². The van der Waals surface area contributed by atoms with Crippen molar-refractivity contribution in [2.24, 2.45) is 0 Å². The van der Waals surface area contributed by atoms with Crippen LogP contribution < -0.4 is 10.4 Å². The fourth-order valence-corrected chi connectivity index (χ4v) is 2.10. The molecule has 0 saturated heterocycles. The van der Waals surface area contributed by atoms with E-state index >= 15 is 0 Å². The summed E-state index contributed by atoms with van der Waals surface area (Å²) in [6, 6.07) is 5.50. The second kappa shape index (κ2) is 4.80. The minimum Gasteiger partial charge on any atom is -0.494 e. The Kier molecular flexibility index (Phi) is 2.76. The second-order valence-electron chi connectivity index (χ2n) is 4.56. The van der Waals surface area contributed by atoms with Crippen LogP contribution in [0.2, 0.25) is 0 Å². The number of aromatic nitrogens is 6. The fraction of sp³-hybridized carbons (Fsp3) is 0.0769. The molecule has 3 heterocycles. The van der Waals surface area contributed by atoms with E-state index in [0.717, 1.165) is 6.07 Å². The predicted octanol–water partition coefficient (Wildman–Crippen LogP) is 0.835. The van der Waals surface area contributed by atoms with Gasteiger partial charge >= 0.3 is 5.63 Å². The van der Waals surface area contributed by atoms with E-state index in [0.29, 0.717) is 5.65 Å². The lowest BCUT2D eigenvalue weighted by atomic mass is 10.2. The topological polar surface area (TPSA) is 108 Å². The van der Waals surface area contributed by atoms with Gasteiger partial charge in [0.2, 0.25) is 0 Å². The van der Waals surface area contributed by atoms with E-state index in [9.17, 15) is 9.18 Å². The van der Waals surface area contributed by atoms with Crippen LogP contribution in [0.4, 0.5) is 4.39 Å². The van der Waals surface area contributed by atoms with Gasteiger partial charge in [0.25, 0.3) is 5.89 Å². The SMILES string of the molecule is COc1cc2nc(-c3ccc4nnnn4n3)oc(=O)c2cc1F. The van der Waals surface area contributed by atoms with Crippen LogP contribution in [0.15, 0.2) is 33.5 Å². The van der Waals surface area contributed by atoms with Gasteiger partial charge in [0.1, 0.15) is 5.69 Å². The number of benzene rings is 1. The Labute approximate surface area is 126 Å². The van der Waals surface area contributed by atoms with Crippen LogP contribution in [0.5, 0.6) is 5.75 Å². The first-order chi connectivity index (χ1) is 11.2. The van der Waals surface area contributed by atoms with Crippen molar-refractivity contribution in [3.05, 3.63) is 40.5 Å². The Balaban J connectivity index is 1.96. The van der Waals surface area contributed by atoms with Crippen molar-refractivity contribution in [3.8, 4) is 17.3 Å². The van der Waals surface area contributed by atoms with Crippen LogP contribution in [0, 0.1) is 5.82 Å². The third kappa shape index (κ3) is 2.08. The van der Waals surface area contributed by atoms with Gasteiger partial charge in [-0.05, 0) is 28.6 Å². The summed E-state index contributed by atoms with van der Waals surface area (Å²) < 4.78 is 24.9. The molecule has 9 nitrogen and oxygen atoms in total. The van der Waals surface area contributed by atoms with E-state index in [2.05, 4.69) is 25.6 Å². The molecule has 4 rings (SSSR count). The van der Waals surface area contributed by atoms with Crippen molar-refractivity contribution in [1.29, 1.82) is 0 Å². The number of hydrogen-bond acceptors (Lipinski definition) is 8. The fourth-order valence-electron chi connectivity index (χ4n) is 2.10. The van der Waals surface area contributed by atoms with Gasteiger partial charge in [-0.2, -0.15) is 0 Å². The standard InChI is InChI=1S/C13H7FN6O3/c1-22-10-5-9-6(4-7(10)14)13(21)23-12(15-9)8-2-3-11-16-18-19-20(11)17-8/h2-5H,1H3. The Hall–Kier alpha value is -3.43. The monoisotopic (exact) mass is 314 g/mol. The first-order valence-electron chi connectivity index (χ1n) is 6.40. The molecule has 10 heteroatoms. The quantitative estimate of drug-likeness (QED) is 0.535. The van der Waals surface area contributed by atoms with Gasteiger partial charge in [-0.3, -0.25) is 0 Å². The third-order valence-corrected chi connectivity index (χ3v) is 3.19. The lowest BCUT2D eigenvalue weighted by Crippen LogP contribution is -2.06. The average molecular weight is 314 g/mol. The maximum atomic E-state index is 13.7. The van der Waals surface area contributed by atoms with Gasteiger partial charge in [0.15, 0.2) is 17.2 Å². The summed E-state index contributed by atoms with van der Waals surface area (Å²) in [5, 5.41) is 14.9. The molecule has 0 aliphatic rings. The molecular weight excluding hydrogens is 307 g/mol. The zero-order valence-electron chi connectivity index (χ0n) is 11.6. The molecule has 0 bridgehead atoms. The smallest absolute Gasteiger partial charge is 0.347 e. The normalized spacial score (nSPS) is 11.2. The summed E-state index contributed by atoms with van der Waals surface area (Å²) in [6.45, 7) is 0. The molecule has 0 radical (unpaired) electrons. The summed E-state index contributed by atoms with van der Waals surface area (Å²) in [5.41, 5.74) is 0.186. The van der Waals surface area contributed by atoms with Crippen molar-refractivity contribution >= 4 is 16.6 Å². The Morgan fingerprint density at radius 1 is 1.30 bits per heavy atom. The van der Waals surface area contributed by atoms with Crippen molar-refractivity contribution in [2.45, 2.75) is 0 Å². The molecule has 0 aliphatic heterocycles. The van der Waals surface area contributed by atoms with Crippen LogP contribution in [0.25, 0.3) is 28.1 Å². The van der Waals surface area contributed by atoms with E-state index in [1.165, 1.54) is 17.8 Å². The van der Waals surface area contributed by atoms with Crippen molar-refractivity contribution in [2.75, 3.05) is 7.11 Å². The Morgan fingerprint density at radius 2 is 2.17 bits per heavy atom. The maximum absolute atomic E-state index is 13.7. The van der Waals surface area contributed by atoms with Crippen molar-refractivity contribution < 1.29 is 13.5 Å². The van der Waals surface area contributed by atoms with Gasteiger partial charge in [-0.1, -0.05) is 0 Å². The molecule has 114 valence electrons. The molecule has 4 aromatic rings. The Bertz CT molecular complexity index is 1110. The average Bonchev–Trinajstić information content (AvgIpc) is 3.02. The molecule has 1 aromatic carbocycles. The summed E-state index contributed by atoms with van der Waals surface area (Å²) in [7, 11) is 1.32. The Morgan fingerprint density at radius 3 is 3.00 bits per heavy atom. The number of fused-ring (bicyclic) bond motifs is 2. The number of rotatable bonds is 2. The van der Waals surface area contributed by atoms with E-state index in [1.807, 2.05) is 0 Å². The van der Waals surface area contributed by atoms with Crippen LogP contribution in [-0.2, 0) is 0 Å². The number of methoxy groups -OCH3 is 1. The minimum absolute atomic E-state index is 0.00977. The summed E-state index contributed by atoms with van der Waals surface area (Å²) in [5.74, 6) is -0.728. The van der Waals surface area contributed by atoms with Crippen molar-refractivity contribution in [1.82, 2.24) is 30.2 Å². The molecule has 0 amide bonds.